The zero-order chi connectivity index (χ0) is 18.7. The van der Waals surface area contributed by atoms with Crippen molar-refractivity contribution in [2.75, 3.05) is 33.8 Å². The topological polar surface area (TPSA) is 70.8 Å². The first kappa shape index (κ1) is 18.4. The summed E-state index contributed by atoms with van der Waals surface area (Å²) in [6.45, 7) is 2.12. The summed E-state index contributed by atoms with van der Waals surface area (Å²) in [5, 5.41) is 15.0. The van der Waals surface area contributed by atoms with Gasteiger partial charge in [0.1, 0.15) is 11.4 Å². The third-order valence-electron chi connectivity index (χ3n) is 4.84. The van der Waals surface area contributed by atoms with Crippen molar-refractivity contribution in [1.29, 1.82) is 0 Å². The van der Waals surface area contributed by atoms with Crippen LogP contribution >= 0.6 is 0 Å². The Labute approximate surface area is 153 Å². The summed E-state index contributed by atoms with van der Waals surface area (Å²) < 4.78 is 6.74. The van der Waals surface area contributed by atoms with Gasteiger partial charge in [0, 0.05) is 32.9 Å². The third-order valence-corrected chi connectivity index (χ3v) is 4.84. The molecule has 26 heavy (non-hydrogen) atoms. The Morgan fingerprint density at radius 2 is 2.08 bits per heavy atom. The molecule has 0 bridgehead atoms. The molecule has 7 heteroatoms. The highest BCUT2D eigenvalue weighted by Crippen LogP contribution is 2.24. The highest BCUT2D eigenvalue weighted by atomic mass is 16.5. The lowest BCUT2D eigenvalue weighted by molar-refractivity contribution is 0.0162. The van der Waals surface area contributed by atoms with Crippen molar-refractivity contribution in [3.05, 3.63) is 47.8 Å². The fourth-order valence-electron chi connectivity index (χ4n) is 3.51. The smallest absolute Gasteiger partial charge is 0.272 e. The van der Waals surface area contributed by atoms with Gasteiger partial charge in [-0.05, 0) is 37.2 Å². The standard InChI is InChI=1S/C19H26N4O3/c1-21(12-15-4-6-16(26-3)7-5-15)13-19(25)9-11-23(14-19)18(24)17-8-10-20-22(17)2/h4-8,10,25H,9,11-14H2,1-3H3/t19-/m1/s1. The highest BCUT2D eigenvalue weighted by molar-refractivity contribution is 5.92. The molecule has 0 saturated carbocycles. The summed E-state index contributed by atoms with van der Waals surface area (Å²) >= 11 is 0. The molecule has 1 saturated heterocycles. The van der Waals surface area contributed by atoms with Crippen molar-refractivity contribution < 1.29 is 14.6 Å². The number of likely N-dealkylation sites (tertiary alicyclic amines) is 1. The molecule has 0 radical (unpaired) electrons. The maximum Gasteiger partial charge on any atom is 0.272 e. The van der Waals surface area contributed by atoms with Crippen LogP contribution < -0.4 is 4.74 Å². The summed E-state index contributed by atoms with van der Waals surface area (Å²) in [5.74, 6) is 0.744. The number of amides is 1. The first-order valence-corrected chi connectivity index (χ1v) is 8.71. The quantitative estimate of drug-likeness (QED) is 0.838. The molecule has 1 fully saturated rings. The predicted molar refractivity (Wildman–Crippen MR) is 98.0 cm³/mol. The second-order valence-corrected chi connectivity index (χ2v) is 7.06. The monoisotopic (exact) mass is 358 g/mol. The summed E-state index contributed by atoms with van der Waals surface area (Å²) in [6.07, 6.45) is 2.18. The van der Waals surface area contributed by atoms with Crippen LogP contribution in [0, 0.1) is 0 Å². The number of likely N-dealkylation sites (N-methyl/N-ethyl adjacent to an activating group) is 1. The molecule has 3 rings (SSSR count). The zero-order valence-corrected chi connectivity index (χ0v) is 15.6. The van der Waals surface area contributed by atoms with E-state index in [4.69, 9.17) is 4.74 Å². The lowest BCUT2D eigenvalue weighted by atomic mass is 10.0. The second kappa shape index (κ2) is 7.47. The zero-order valence-electron chi connectivity index (χ0n) is 15.6. The fourth-order valence-corrected chi connectivity index (χ4v) is 3.51. The van der Waals surface area contributed by atoms with E-state index in [0.717, 1.165) is 17.9 Å². The number of methoxy groups -OCH3 is 1. The molecular formula is C19H26N4O3. The maximum atomic E-state index is 12.6. The summed E-state index contributed by atoms with van der Waals surface area (Å²) in [4.78, 5) is 16.4. The van der Waals surface area contributed by atoms with Gasteiger partial charge in [-0.3, -0.25) is 14.4 Å². The van der Waals surface area contributed by atoms with E-state index in [0.29, 0.717) is 31.7 Å². The van der Waals surface area contributed by atoms with Crippen LogP contribution in [0.15, 0.2) is 36.5 Å². The molecule has 0 unspecified atom stereocenters. The molecule has 1 amide bonds. The number of benzene rings is 1. The van der Waals surface area contributed by atoms with Crippen molar-refractivity contribution in [3.8, 4) is 5.75 Å². The molecule has 140 valence electrons. The van der Waals surface area contributed by atoms with Crippen LogP contribution in [0.2, 0.25) is 0 Å². The lowest BCUT2D eigenvalue weighted by Gasteiger charge is -2.29. The summed E-state index contributed by atoms with van der Waals surface area (Å²) in [7, 11) is 5.38. The number of nitrogens with zero attached hydrogens (tertiary/aromatic N) is 4. The van der Waals surface area contributed by atoms with Gasteiger partial charge in [-0.2, -0.15) is 5.10 Å². The number of aliphatic hydroxyl groups is 1. The number of hydrogen-bond acceptors (Lipinski definition) is 5. The molecule has 1 aliphatic rings. The van der Waals surface area contributed by atoms with Gasteiger partial charge in [0.25, 0.3) is 5.91 Å². The minimum Gasteiger partial charge on any atom is -0.497 e. The number of carbonyl (C=O) groups excluding carboxylic acids is 1. The van der Waals surface area contributed by atoms with Crippen molar-refractivity contribution in [2.45, 2.75) is 18.6 Å². The van der Waals surface area contributed by atoms with Crippen LogP contribution in [0.25, 0.3) is 0 Å². The predicted octanol–water partition coefficient (Wildman–Crippen LogP) is 1.14. The molecule has 2 heterocycles. The Bertz CT molecular complexity index is 758. The second-order valence-electron chi connectivity index (χ2n) is 7.06. The van der Waals surface area contributed by atoms with Gasteiger partial charge in [-0.15, -0.1) is 0 Å². The van der Waals surface area contributed by atoms with Crippen LogP contribution in [0.4, 0.5) is 0 Å². The Hall–Kier alpha value is -2.38. The minimum atomic E-state index is -0.893. The van der Waals surface area contributed by atoms with E-state index >= 15 is 0 Å². The van der Waals surface area contributed by atoms with Crippen molar-refractivity contribution in [1.82, 2.24) is 19.6 Å². The van der Waals surface area contributed by atoms with Crippen LogP contribution in [0.5, 0.6) is 5.75 Å². The number of β-amino-alcohol motifs (C(OH)–C–C–N with tert-alkyl or cyclic N) is 1. The lowest BCUT2D eigenvalue weighted by Crippen LogP contribution is -2.44. The van der Waals surface area contributed by atoms with E-state index in [2.05, 4.69) is 10.00 Å². The van der Waals surface area contributed by atoms with Gasteiger partial charge in [-0.1, -0.05) is 12.1 Å². The number of carbonyl (C=O) groups is 1. The number of rotatable bonds is 6. The first-order chi connectivity index (χ1) is 12.4. The molecule has 1 N–H and O–H groups in total. The molecule has 1 aromatic heterocycles. The minimum absolute atomic E-state index is 0.0845. The Kier molecular flexibility index (Phi) is 5.29. The van der Waals surface area contributed by atoms with E-state index in [1.54, 1.807) is 36.0 Å². The number of aromatic nitrogens is 2. The van der Waals surface area contributed by atoms with Gasteiger partial charge in [0.15, 0.2) is 0 Å². The highest BCUT2D eigenvalue weighted by Gasteiger charge is 2.39. The van der Waals surface area contributed by atoms with Gasteiger partial charge >= 0.3 is 0 Å². The average Bonchev–Trinajstić information content (AvgIpc) is 3.21. The molecule has 7 nitrogen and oxygen atoms in total. The van der Waals surface area contributed by atoms with Crippen LogP contribution in [-0.2, 0) is 13.6 Å². The molecule has 1 atom stereocenters. The fraction of sp³-hybridized carbons (Fsp3) is 0.474. The van der Waals surface area contributed by atoms with E-state index in [1.807, 2.05) is 31.3 Å². The van der Waals surface area contributed by atoms with Gasteiger partial charge < -0.3 is 14.7 Å². The van der Waals surface area contributed by atoms with Gasteiger partial charge in [0.05, 0.1) is 19.3 Å². The molecule has 1 aliphatic heterocycles. The van der Waals surface area contributed by atoms with Crippen LogP contribution in [0.1, 0.15) is 22.5 Å². The number of hydrogen-bond donors (Lipinski definition) is 1. The largest absolute Gasteiger partial charge is 0.497 e. The molecule has 0 aliphatic carbocycles. The van der Waals surface area contributed by atoms with E-state index in [9.17, 15) is 9.90 Å². The molecule has 1 aromatic carbocycles. The Morgan fingerprint density at radius 1 is 1.35 bits per heavy atom. The van der Waals surface area contributed by atoms with Crippen molar-refractivity contribution >= 4 is 5.91 Å². The maximum absolute atomic E-state index is 12.6. The Balaban J connectivity index is 1.57. The van der Waals surface area contributed by atoms with Crippen molar-refractivity contribution in [2.24, 2.45) is 7.05 Å². The van der Waals surface area contributed by atoms with Crippen LogP contribution in [-0.4, -0.2) is 70.0 Å². The first-order valence-electron chi connectivity index (χ1n) is 8.71. The van der Waals surface area contributed by atoms with Gasteiger partial charge in [0.2, 0.25) is 0 Å². The molecular weight excluding hydrogens is 332 g/mol. The summed E-state index contributed by atoms with van der Waals surface area (Å²) in [5.41, 5.74) is 0.800. The molecule has 2 aromatic rings. The average molecular weight is 358 g/mol. The van der Waals surface area contributed by atoms with Crippen molar-refractivity contribution in [3.63, 3.8) is 0 Å². The molecule has 0 spiro atoms. The van der Waals surface area contributed by atoms with Crippen LogP contribution in [0.3, 0.4) is 0 Å². The number of ether oxygens (including phenoxy) is 1. The van der Waals surface area contributed by atoms with E-state index in [-0.39, 0.29) is 5.91 Å². The SMILES string of the molecule is COc1ccc(CN(C)C[C@]2(O)CCN(C(=O)c3ccnn3C)C2)cc1. The Morgan fingerprint density at radius 3 is 2.69 bits per heavy atom. The number of aryl methyl sites for hydroxylation is 1. The normalized spacial score (nSPS) is 20.0. The van der Waals surface area contributed by atoms with Gasteiger partial charge in [-0.25, -0.2) is 0 Å². The summed E-state index contributed by atoms with van der Waals surface area (Å²) in [6, 6.07) is 9.61. The third kappa shape index (κ3) is 4.05. The van der Waals surface area contributed by atoms with E-state index in [1.165, 1.54) is 0 Å². The van der Waals surface area contributed by atoms with E-state index < -0.39 is 5.60 Å².